The molecule has 0 aliphatic carbocycles. The average Bonchev–Trinajstić information content (AvgIpc) is 2.65. The van der Waals surface area contributed by atoms with E-state index in [1.165, 1.54) is 12.1 Å². The van der Waals surface area contributed by atoms with E-state index in [4.69, 9.17) is 9.73 Å². The summed E-state index contributed by atoms with van der Waals surface area (Å²) in [6, 6.07) is 6.49. The lowest BCUT2D eigenvalue weighted by atomic mass is 9.89. The molecule has 5 nitrogen and oxygen atoms in total. The van der Waals surface area contributed by atoms with Crippen LogP contribution in [0.4, 0.5) is 4.39 Å². The Balaban J connectivity index is 2.17. The second-order valence-corrected chi connectivity index (χ2v) is 7.38. The fourth-order valence-corrected chi connectivity index (χ4v) is 2.95. The highest BCUT2D eigenvalue weighted by Crippen LogP contribution is 2.26. The fraction of sp³-hybridized carbons (Fsp3) is 0.650. The van der Waals surface area contributed by atoms with Crippen molar-refractivity contribution in [2.24, 2.45) is 10.4 Å². The van der Waals surface area contributed by atoms with E-state index in [0.717, 1.165) is 31.0 Å². The molecule has 1 aliphatic heterocycles. The predicted molar refractivity (Wildman–Crippen MR) is 103 cm³/mol. The summed E-state index contributed by atoms with van der Waals surface area (Å²) in [5.41, 5.74) is 0.752. The maximum atomic E-state index is 13.2. The number of nitrogens with zero attached hydrogens (tertiary/aromatic N) is 2. The van der Waals surface area contributed by atoms with Gasteiger partial charge in [-0.2, -0.15) is 0 Å². The van der Waals surface area contributed by atoms with Crippen molar-refractivity contribution >= 4 is 5.96 Å². The largest absolute Gasteiger partial charge is 0.396 e. The first-order chi connectivity index (χ1) is 12.4. The highest BCUT2D eigenvalue weighted by Gasteiger charge is 2.29. The van der Waals surface area contributed by atoms with Crippen LogP contribution in [0.25, 0.3) is 0 Å². The van der Waals surface area contributed by atoms with Crippen molar-refractivity contribution in [1.29, 1.82) is 0 Å². The van der Waals surface area contributed by atoms with E-state index < -0.39 is 0 Å². The number of guanidine groups is 1. The van der Waals surface area contributed by atoms with Gasteiger partial charge in [-0.3, -0.25) is 4.99 Å². The molecule has 1 fully saturated rings. The predicted octanol–water partition coefficient (Wildman–Crippen LogP) is 2.96. The third-order valence-corrected chi connectivity index (χ3v) is 4.98. The Morgan fingerprint density at radius 2 is 2.04 bits per heavy atom. The van der Waals surface area contributed by atoms with Gasteiger partial charge in [0.2, 0.25) is 0 Å². The van der Waals surface area contributed by atoms with Crippen LogP contribution in [0.15, 0.2) is 29.3 Å². The number of morpholine rings is 1. The summed E-state index contributed by atoms with van der Waals surface area (Å²) in [5.74, 6) is 0.593. The molecule has 0 bridgehead atoms. The SMILES string of the molecule is CCNC(=NCC(C)(CC)CO)N1CC(C)OC(c2ccc(F)cc2)C1. The Bertz CT molecular complexity index is 587. The van der Waals surface area contributed by atoms with E-state index >= 15 is 0 Å². The fourth-order valence-electron chi connectivity index (χ4n) is 2.95. The van der Waals surface area contributed by atoms with Crippen LogP contribution in [0.5, 0.6) is 0 Å². The standard InChI is InChI=1S/C20H32FN3O2/c1-5-20(4,14-25)13-23-19(22-6-2)24-11-15(3)26-18(12-24)16-7-9-17(21)10-8-16/h7-10,15,18,25H,5-6,11-14H2,1-4H3,(H,22,23). The van der Waals surface area contributed by atoms with Gasteiger partial charge >= 0.3 is 0 Å². The molecule has 1 aliphatic rings. The number of hydrogen-bond acceptors (Lipinski definition) is 3. The molecule has 1 heterocycles. The van der Waals surface area contributed by atoms with Crippen LogP contribution < -0.4 is 5.32 Å². The lowest BCUT2D eigenvalue weighted by Crippen LogP contribution is -2.51. The van der Waals surface area contributed by atoms with Gasteiger partial charge in [0.25, 0.3) is 0 Å². The molecular weight excluding hydrogens is 333 g/mol. The first-order valence-electron chi connectivity index (χ1n) is 9.45. The highest BCUT2D eigenvalue weighted by atomic mass is 19.1. The van der Waals surface area contributed by atoms with E-state index in [9.17, 15) is 9.50 Å². The maximum absolute atomic E-state index is 13.2. The first kappa shape index (κ1) is 20.6. The molecule has 0 spiro atoms. The van der Waals surface area contributed by atoms with Crippen molar-refractivity contribution in [1.82, 2.24) is 10.2 Å². The monoisotopic (exact) mass is 365 g/mol. The highest BCUT2D eigenvalue weighted by molar-refractivity contribution is 5.80. The molecule has 3 atom stereocenters. The molecule has 146 valence electrons. The van der Waals surface area contributed by atoms with Crippen molar-refractivity contribution in [3.63, 3.8) is 0 Å². The van der Waals surface area contributed by atoms with Gasteiger partial charge in [-0.05, 0) is 38.0 Å². The minimum Gasteiger partial charge on any atom is -0.396 e. The molecule has 2 N–H and O–H groups in total. The molecule has 0 saturated carbocycles. The van der Waals surface area contributed by atoms with Gasteiger partial charge in [0.15, 0.2) is 5.96 Å². The molecule has 3 unspecified atom stereocenters. The molecule has 26 heavy (non-hydrogen) atoms. The van der Waals surface area contributed by atoms with Crippen molar-refractivity contribution < 1.29 is 14.2 Å². The van der Waals surface area contributed by atoms with Gasteiger partial charge in [0.1, 0.15) is 11.9 Å². The molecular formula is C20H32FN3O2. The van der Waals surface area contributed by atoms with Crippen molar-refractivity contribution in [2.45, 2.75) is 46.3 Å². The van der Waals surface area contributed by atoms with Crippen LogP contribution in [0.1, 0.15) is 45.8 Å². The van der Waals surface area contributed by atoms with E-state index in [0.29, 0.717) is 13.1 Å². The quantitative estimate of drug-likeness (QED) is 0.601. The summed E-state index contributed by atoms with van der Waals surface area (Å²) in [6.45, 7) is 11.0. The van der Waals surface area contributed by atoms with Crippen LogP contribution >= 0.6 is 0 Å². The Morgan fingerprint density at radius 3 is 2.62 bits per heavy atom. The summed E-state index contributed by atoms with van der Waals surface area (Å²) in [5, 5.41) is 13.0. The Hall–Kier alpha value is -1.66. The maximum Gasteiger partial charge on any atom is 0.194 e. The Labute approximate surface area is 156 Å². The third-order valence-electron chi connectivity index (χ3n) is 4.98. The van der Waals surface area contributed by atoms with Gasteiger partial charge in [-0.15, -0.1) is 0 Å². The zero-order chi connectivity index (χ0) is 19.2. The molecule has 0 amide bonds. The number of rotatable bonds is 6. The number of aliphatic imine (C=N–C) groups is 1. The summed E-state index contributed by atoms with van der Waals surface area (Å²) in [6.07, 6.45) is 0.779. The number of halogens is 1. The molecule has 2 rings (SSSR count). The number of nitrogens with one attached hydrogen (secondary N) is 1. The van der Waals surface area contributed by atoms with E-state index in [1.807, 2.05) is 20.8 Å². The van der Waals surface area contributed by atoms with Gasteiger partial charge in [-0.25, -0.2) is 4.39 Å². The summed E-state index contributed by atoms with van der Waals surface area (Å²) in [7, 11) is 0. The van der Waals surface area contributed by atoms with E-state index in [-0.39, 0.29) is 30.0 Å². The van der Waals surface area contributed by atoms with Crippen LogP contribution in [-0.4, -0.2) is 54.9 Å². The first-order valence-corrected chi connectivity index (χ1v) is 9.45. The summed E-state index contributed by atoms with van der Waals surface area (Å²) >= 11 is 0. The van der Waals surface area contributed by atoms with Crippen molar-refractivity contribution in [3.05, 3.63) is 35.6 Å². The van der Waals surface area contributed by atoms with Crippen molar-refractivity contribution in [3.8, 4) is 0 Å². The zero-order valence-electron chi connectivity index (χ0n) is 16.3. The number of aliphatic hydroxyl groups excluding tert-OH is 1. The minimum absolute atomic E-state index is 0.0399. The lowest BCUT2D eigenvalue weighted by Gasteiger charge is -2.39. The van der Waals surface area contributed by atoms with Gasteiger partial charge in [0, 0.05) is 18.5 Å². The second kappa shape index (κ2) is 9.33. The average molecular weight is 365 g/mol. The topological polar surface area (TPSA) is 57.1 Å². The van der Waals surface area contributed by atoms with Gasteiger partial charge < -0.3 is 20.1 Å². The zero-order valence-corrected chi connectivity index (χ0v) is 16.3. The van der Waals surface area contributed by atoms with Crippen LogP contribution in [0.2, 0.25) is 0 Å². The van der Waals surface area contributed by atoms with E-state index in [1.54, 1.807) is 12.1 Å². The van der Waals surface area contributed by atoms with Crippen LogP contribution in [0, 0.1) is 11.2 Å². The number of benzene rings is 1. The van der Waals surface area contributed by atoms with Crippen LogP contribution in [0.3, 0.4) is 0 Å². The summed E-state index contributed by atoms with van der Waals surface area (Å²) < 4.78 is 19.3. The molecule has 1 saturated heterocycles. The summed E-state index contributed by atoms with van der Waals surface area (Å²) in [4.78, 5) is 6.98. The van der Waals surface area contributed by atoms with Crippen LogP contribution in [-0.2, 0) is 4.74 Å². The van der Waals surface area contributed by atoms with Crippen molar-refractivity contribution in [2.75, 3.05) is 32.8 Å². The smallest absolute Gasteiger partial charge is 0.194 e. The second-order valence-electron chi connectivity index (χ2n) is 7.38. The Kier molecular flexibility index (Phi) is 7.41. The van der Waals surface area contributed by atoms with Gasteiger partial charge in [-0.1, -0.05) is 26.0 Å². The lowest BCUT2D eigenvalue weighted by molar-refractivity contribution is -0.0605. The molecule has 1 aromatic carbocycles. The molecule has 0 aromatic heterocycles. The molecule has 6 heteroatoms. The molecule has 1 aromatic rings. The Morgan fingerprint density at radius 1 is 1.35 bits per heavy atom. The number of aliphatic hydroxyl groups is 1. The normalized spacial score (nSPS) is 23.6. The minimum atomic E-state index is -0.243. The number of hydrogen-bond donors (Lipinski definition) is 2. The van der Waals surface area contributed by atoms with Gasteiger partial charge in [0.05, 0.1) is 25.8 Å². The number of ether oxygens (including phenoxy) is 1. The third kappa shape index (κ3) is 5.42. The van der Waals surface area contributed by atoms with E-state index in [2.05, 4.69) is 17.1 Å². The molecule has 0 radical (unpaired) electrons.